The molecule has 3 nitrogen and oxygen atoms in total. The maximum atomic E-state index is 5.82. The standard InChI is InChI=1S/C17H34N2O/c1-5-9-19-10-6-7-15(13-19)14(2)18-16-8-11-20-17(3,4)12-16/h14-16,18H,5-13H2,1-4H3. The van der Waals surface area contributed by atoms with Gasteiger partial charge >= 0.3 is 0 Å². The fourth-order valence-electron chi connectivity index (χ4n) is 3.90. The third kappa shape index (κ3) is 4.71. The predicted octanol–water partition coefficient (Wildman–Crippen LogP) is 3.04. The third-order valence-corrected chi connectivity index (χ3v) is 4.98. The monoisotopic (exact) mass is 282 g/mol. The highest BCUT2D eigenvalue weighted by molar-refractivity contribution is 4.87. The molecule has 1 N–H and O–H groups in total. The van der Waals surface area contributed by atoms with E-state index in [1.165, 1.54) is 45.3 Å². The number of hydrogen-bond donors (Lipinski definition) is 1. The molecule has 0 aromatic carbocycles. The molecule has 0 spiro atoms. The van der Waals surface area contributed by atoms with Crippen molar-refractivity contribution in [1.29, 1.82) is 0 Å². The van der Waals surface area contributed by atoms with Crippen LogP contribution in [0.15, 0.2) is 0 Å². The van der Waals surface area contributed by atoms with Crippen LogP contribution in [0, 0.1) is 5.92 Å². The van der Waals surface area contributed by atoms with Gasteiger partial charge in [-0.05, 0) is 71.9 Å². The molecule has 3 heteroatoms. The highest BCUT2D eigenvalue weighted by atomic mass is 16.5. The molecule has 0 bridgehead atoms. The van der Waals surface area contributed by atoms with Gasteiger partial charge in [0.1, 0.15) is 0 Å². The molecule has 20 heavy (non-hydrogen) atoms. The molecule has 2 aliphatic heterocycles. The van der Waals surface area contributed by atoms with E-state index >= 15 is 0 Å². The summed E-state index contributed by atoms with van der Waals surface area (Å²) in [7, 11) is 0. The van der Waals surface area contributed by atoms with Gasteiger partial charge in [-0.25, -0.2) is 0 Å². The smallest absolute Gasteiger partial charge is 0.0641 e. The van der Waals surface area contributed by atoms with Gasteiger partial charge in [0.2, 0.25) is 0 Å². The molecule has 118 valence electrons. The molecule has 0 aliphatic carbocycles. The van der Waals surface area contributed by atoms with Crippen molar-refractivity contribution < 1.29 is 4.74 Å². The molecule has 2 aliphatic rings. The van der Waals surface area contributed by atoms with Gasteiger partial charge in [0, 0.05) is 25.2 Å². The van der Waals surface area contributed by atoms with Crippen LogP contribution in [0.4, 0.5) is 0 Å². The predicted molar refractivity (Wildman–Crippen MR) is 85.1 cm³/mol. The molecule has 0 saturated carbocycles. The maximum Gasteiger partial charge on any atom is 0.0641 e. The summed E-state index contributed by atoms with van der Waals surface area (Å²) >= 11 is 0. The van der Waals surface area contributed by atoms with E-state index in [0.717, 1.165) is 18.9 Å². The first-order valence-corrected chi connectivity index (χ1v) is 8.62. The summed E-state index contributed by atoms with van der Waals surface area (Å²) in [6, 6.07) is 1.27. The molecule has 2 fully saturated rings. The van der Waals surface area contributed by atoms with Crippen LogP contribution in [0.5, 0.6) is 0 Å². The molecule has 0 aromatic rings. The first kappa shape index (κ1) is 16.3. The lowest BCUT2D eigenvalue weighted by molar-refractivity contribution is -0.0651. The topological polar surface area (TPSA) is 24.5 Å². The van der Waals surface area contributed by atoms with Gasteiger partial charge < -0.3 is 15.0 Å². The Morgan fingerprint density at radius 2 is 2.15 bits per heavy atom. The van der Waals surface area contributed by atoms with E-state index in [-0.39, 0.29) is 5.60 Å². The van der Waals surface area contributed by atoms with Crippen LogP contribution in [0.3, 0.4) is 0 Å². The molecule has 3 atom stereocenters. The zero-order valence-electron chi connectivity index (χ0n) is 14.0. The number of hydrogen-bond acceptors (Lipinski definition) is 3. The van der Waals surface area contributed by atoms with Crippen molar-refractivity contribution in [3.8, 4) is 0 Å². The van der Waals surface area contributed by atoms with E-state index in [0.29, 0.717) is 12.1 Å². The minimum atomic E-state index is 0.0520. The quantitative estimate of drug-likeness (QED) is 0.839. The van der Waals surface area contributed by atoms with Gasteiger partial charge in [0.05, 0.1) is 5.60 Å². The molecular formula is C17H34N2O. The second-order valence-electron chi connectivity index (χ2n) is 7.46. The molecular weight excluding hydrogens is 248 g/mol. The van der Waals surface area contributed by atoms with Gasteiger partial charge in [0.15, 0.2) is 0 Å². The number of piperidine rings is 1. The summed E-state index contributed by atoms with van der Waals surface area (Å²) in [6.07, 6.45) is 6.35. The summed E-state index contributed by atoms with van der Waals surface area (Å²) in [6.45, 7) is 13.9. The largest absolute Gasteiger partial charge is 0.375 e. The lowest BCUT2D eigenvalue weighted by Gasteiger charge is -2.41. The van der Waals surface area contributed by atoms with Crippen LogP contribution in [0.1, 0.15) is 59.8 Å². The van der Waals surface area contributed by atoms with E-state index in [4.69, 9.17) is 4.74 Å². The Morgan fingerprint density at radius 3 is 2.85 bits per heavy atom. The van der Waals surface area contributed by atoms with Crippen molar-refractivity contribution in [3.63, 3.8) is 0 Å². The van der Waals surface area contributed by atoms with Gasteiger partial charge in [-0.2, -0.15) is 0 Å². The van der Waals surface area contributed by atoms with Crippen molar-refractivity contribution in [2.45, 2.75) is 77.5 Å². The fraction of sp³-hybridized carbons (Fsp3) is 1.00. The van der Waals surface area contributed by atoms with Gasteiger partial charge in [0.25, 0.3) is 0 Å². The molecule has 2 rings (SSSR count). The van der Waals surface area contributed by atoms with Crippen molar-refractivity contribution in [2.75, 3.05) is 26.2 Å². The molecule has 0 amide bonds. The van der Waals surface area contributed by atoms with Crippen LogP contribution < -0.4 is 5.32 Å². The van der Waals surface area contributed by atoms with Crippen molar-refractivity contribution in [3.05, 3.63) is 0 Å². The zero-order valence-corrected chi connectivity index (χ0v) is 14.0. The zero-order chi connectivity index (χ0) is 14.6. The number of nitrogens with zero attached hydrogens (tertiary/aromatic N) is 1. The highest BCUT2D eigenvalue weighted by Gasteiger charge is 2.31. The van der Waals surface area contributed by atoms with Gasteiger partial charge in [-0.3, -0.25) is 0 Å². The first-order valence-electron chi connectivity index (χ1n) is 8.62. The first-order chi connectivity index (χ1) is 9.50. The third-order valence-electron chi connectivity index (χ3n) is 4.98. The van der Waals surface area contributed by atoms with Crippen LogP contribution in [0.2, 0.25) is 0 Å². The van der Waals surface area contributed by atoms with E-state index in [1.54, 1.807) is 0 Å². The molecule has 2 saturated heterocycles. The van der Waals surface area contributed by atoms with Crippen molar-refractivity contribution >= 4 is 0 Å². The number of likely N-dealkylation sites (tertiary alicyclic amines) is 1. The highest BCUT2D eigenvalue weighted by Crippen LogP contribution is 2.26. The SMILES string of the molecule is CCCN1CCCC(C(C)NC2CCOC(C)(C)C2)C1. The Balaban J connectivity index is 1.80. The lowest BCUT2D eigenvalue weighted by Crippen LogP contribution is -2.51. The summed E-state index contributed by atoms with van der Waals surface area (Å²) < 4.78 is 5.82. The Kier molecular flexibility index (Phi) is 5.88. The van der Waals surface area contributed by atoms with Gasteiger partial charge in [-0.15, -0.1) is 0 Å². The van der Waals surface area contributed by atoms with Crippen LogP contribution in [-0.4, -0.2) is 48.8 Å². The number of ether oxygens (including phenoxy) is 1. The average Bonchev–Trinajstić information content (AvgIpc) is 2.38. The van der Waals surface area contributed by atoms with Gasteiger partial charge in [-0.1, -0.05) is 6.92 Å². The average molecular weight is 282 g/mol. The number of rotatable bonds is 5. The summed E-state index contributed by atoms with van der Waals surface area (Å²) in [5.41, 5.74) is 0.0520. The Hall–Kier alpha value is -0.120. The molecule has 0 aromatic heterocycles. The van der Waals surface area contributed by atoms with E-state index in [2.05, 4.69) is 37.9 Å². The number of nitrogens with one attached hydrogen (secondary N) is 1. The lowest BCUT2D eigenvalue weighted by atomic mass is 9.88. The van der Waals surface area contributed by atoms with E-state index in [9.17, 15) is 0 Å². The van der Waals surface area contributed by atoms with Crippen LogP contribution in [-0.2, 0) is 4.74 Å². The van der Waals surface area contributed by atoms with E-state index < -0.39 is 0 Å². The Bertz CT molecular complexity index is 291. The summed E-state index contributed by atoms with van der Waals surface area (Å²) in [5.74, 6) is 0.821. The second kappa shape index (κ2) is 7.24. The van der Waals surface area contributed by atoms with E-state index in [1.807, 2.05) is 0 Å². The Morgan fingerprint density at radius 1 is 1.35 bits per heavy atom. The Labute approximate surface area is 125 Å². The van der Waals surface area contributed by atoms with Crippen molar-refractivity contribution in [2.24, 2.45) is 5.92 Å². The van der Waals surface area contributed by atoms with Crippen molar-refractivity contribution in [1.82, 2.24) is 10.2 Å². The normalized spacial score (nSPS) is 33.0. The fourth-order valence-corrected chi connectivity index (χ4v) is 3.90. The van der Waals surface area contributed by atoms with Crippen LogP contribution >= 0.6 is 0 Å². The minimum absolute atomic E-state index is 0.0520. The summed E-state index contributed by atoms with van der Waals surface area (Å²) in [4.78, 5) is 2.65. The summed E-state index contributed by atoms with van der Waals surface area (Å²) in [5, 5.41) is 3.90. The van der Waals surface area contributed by atoms with Crippen LogP contribution in [0.25, 0.3) is 0 Å². The maximum absolute atomic E-state index is 5.82. The minimum Gasteiger partial charge on any atom is -0.375 e. The molecule has 2 heterocycles. The molecule has 0 radical (unpaired) electrons. The molecule has 3 unspecified atom stereocenters. The second-order valence-corrected chi connectivity index (χ2v) is 7.46.